The van der Waals surface area contributed by atoms with E-state index in [2.05, 4.69) is 19.2 Å². The van der Waals surface area contributed by atoms with Gasteiger partial charge in [0, 0.05) is 22.7 Å². The van der Waals surface area contributed by atoms with Crippen LogP contribution in [0.5, 0.6) is 0 Å². The summed E-state index contributed by atoms with van der Waals surface area (Å²) in [5.74, 6) is 0.339. The second-order valence-electron chi connectivity index (χ2n) is 5.78. The molecule has 1 amide bonds. The minimum absolute atomic E-state index is 0.129. The lowest BCUT2D eigenvalue weighted by Gasteiger charge is -2.31. The molecular formula is C15H23ClN2O. The maximum atomic E-state index is 12.2. The largest absolute Gasteiger partial charge is 0.346 e. The van der Waals surface area contributed by atoms with E-state index < -0.39 is 0 Å². The molecule has 0 spiro atoms. The van der Waals surface area contributed by atoms with Crippen LogP contribution in [0.4, 0.5) is 0 Å². The summed E-state index contributed by atoms with van der Waals surface area (Å²) < 4.78 is 0. The molecule has 3 N–H and O–H groups in total. The van der Waals surface area contributed by atoms with E-state index in [1.165, 1.54) is 0 Å². The number of amides is 1. The first kappa shape index (κ1) is 16.0. The Morgan fingerprint density at radius 2 is 2.11 bits per heavy atom. The second kappa shape index (κ2) is 6.40. The average Bonchev–Trinajstić information content (AvgIpc) is 2.31. The van der Waals surface area contributed by atoms with Crippen LogP contribution in [0.1, 0.15) is 43.1 Å². The number of hydrogen-bond donors (Lipinski definition) is 2. The maximum Gasteiger partial charge on any atom is 0.251 e. The number of halogens is 1. The van der Waals surface area contributed by atoms with Crippen LogP contribution in [0.2, 0.25) is 5.02 Å². The maximum absolute atomic E-state index is 12.2. The first-order valence-corrected chi connectivity index (χ1v) is 6.94. The van der Waals surface area contributed by atoms with E-state index in [-0.39, 0.29) is 11.4 Å². The summed E-state index contributed by atoms with van der Waals surface area (Å²) in [5, 5.41) is 3.62. The molecule has 1 aromatic rings. The molecule has 106 valence electrons. The fraction of sp³-hybridized carbons (Fsp3) is 0.533. The molecule has 0 fully saturated rings. The van der Waals surface area contributed by atoms with Crippen molar-refractivity contribution in [1.29, 1.82) is 0 Å². The molecule has 1 aromatic carbocycles. The highest BCUT2D eigenvalue weighted by Gasteiger charge is 2.26. The average molecular weight is 283 g/mol. The summed E-state index contributed by atoms with van der Waals surface area (Å²) in [6, 6.07) is 5.32. The van der Waals surface area contributed by atoms with Crippen LogP contribution in [-0.2, 0) is 0 Å². The van der Waals surface area contributed by atoms with Gasteiger partial charge in [0.2, 0.25) is 0 Å². The van der Waals surface area contributed by atoms with Crippen molar-refractivity contribution in [3.8, 4) is 0 Å². The zero-order chi connectivity index (χ0) is 14.6. The van der Waals surface area contributed by atoms with Crippen molar-refractivity contribution in [2.24, 2.45) is 11.7 Å². The quantitative estimate of drug-likeness (QED) is 0.872. The van der Waals surface area contributed by atoms with Crippen molar-refractivity contribution < 1.29 is 4.79 Å². The third kappa shape index (κ3) is 4.51. The van der Waals surface area contributed by atoms with Gasteiger partial charge in [-0.3, -0.25) is 4.79 Å². The molecule has 1 rings (SSSR count). The lowest BCUT2D eigenvalue weighted by molar-refractivity contribution is 0.0898. The molecule has 1 unspecified atom stereocenters. The van der Waals surface area contributed by atoms with E-state index in [0.29, 0.717) is 23.0 Å². The Bertz CT molecular complexity index is 459. The molecule has 0 aliphatic heterocycles. The van der Waals surface area contributed by atoms with Gasteiger partial charge in [-0.2, -0.15) is 0 Å². The van der Waals surface area contributed by atoms with E-state index in [1.54, 1.807) is 12.1 Å². The van der Waals surface area contributed by atoms with Gasteiger partial charge in [0.25, 0.3) is 5.91 Å². The van der Waals surface area contributed by atoms with Crippen LogP contribution < -0.4 is 11.1 Å². The molecule has 0 bridgehead atoms. The first-order valence-electron chi connectivity index (χ1n) is 6.56. The number of nitrogens with one attached hydrogen (secondary N) is 1. The predicted octanol–water partition coefficient (Wildman–Crippen LogP) is 3.14. The Morgan fingerprint density at radius 1 is 1.47 bits per heavy atom. The van der Waals surface area contributed by atoms with Gasteiger partial charge in [-0.25, -0.2) is 0 Å². The van der Waals surface area contributed by atoms with Crippen LogP contribution in [0.15, 0.2) is 18.2 Å². The Kier molecular flexibility index (Phi) is 5.39. The molecular weight excluding hydrogens is 260 g/mol. The highest BCUT2D eigenvalue weighted by atomic mass is 35.5. The lowest BCUT2D eigenvalue weighted by atomic mass is 9.90. The van der Waals surface area contributed by atoms with E-state index in [9.17, 15) is 4.79 Å². The summed E-state index contributed by atoms with van der Waals surface area (Å²) in [4.78, 5) is 12.2. The lowest BCUT2D eigenvalue weighted by Crippen LogP contribution is -2.52. The molecule has 3 nitrogen and oxygen atoms in total. The molecule has 0 aliphatic rings. The third-order valence-corrected chi connectivity index (χ3v) is 3.57. The molecule has 0 saturated carbocycles. The monoisotopic (exact) mass is 282 g/mol. The van der Waals surface area contributed by atoms with Crippen LogP contribution in [0.25, 0.3) is 0 Å². The van der Waals surface area contributed by atoms with E-state index in [0.717, 1.165) is 12.0 Å². The van der Waals surface area contributed by atoms with Gasteiger partial charge in [-0.1, -0.05) is 31.5 Å². The van der Waals surface area contributed by atoms with Gasteiger partial charge in [-0.15, -0.1) is 0 Å². The fourth-order valence-corrected chi connectivity index (χ4v) is 2.35. The Hall–Kier alpha value is -1.06. The number of carbonyl (C=O) groups is 1. The molecule has 0 heterocycles. The summed E-state index contributed by atoms with van der Waals surface area (Å²) in [5.41, 5.74) is 6.94. The fourth-order valence-electron chi connectivity index (χ4n) is 2.17. The van der Waals surface area contributed by atoms with Crippen molar-refractivity contribution >= 4 is 17.5 Å². The summed E-state index contributed by atoms with van der Waals surface area (Å²) in [7, 11) is 0. The van der Waals surface area contributed by atoms with Gasteiger partial charge in [-0.05, 0) is 43.9 Å². The molecule has 0 radical (unpaired) electrons. The van der Waals surface area contributed by atoms with Crippen molar-refractivity contribution in [3.63, 3.8) is 0 Å². The Morgan fingerprint density at radius 3 is 2.58 bits per heavy atom. The SMILES string of the molecule is Cc1ccc(C(=O)NC(C)(CN)CC(C)C)cc1Cl. The van der Waals surface area contributed by atoms with E-state index in [1.807, 2.05) is 19.9 Å². The summed E-state index contributed by atoms with van der Waals surface area (Å²) in [6.07, 6.45) is 0.842. The van der Waals surface area contributed by atoms with Crippen molar-refractivity contribution in [2.45, 2.75) is 39.7 Å². The van der Waals surface area contributed by atoms with Gasteiger partial charge in [0.15, 0.2) is 0 Å². The molecule has 0 aromatic heterocycles. The first-order chi connectivity index (χ1) is 8.77. The van der Waals surface area contributed by atoms with E-state index in [4.69, 9.17) is 17.3 Å². The highest BCUT2D eigenvalue weighted by molar-refractivity contribution is 6.31. The standard InChI is InChI=1S/C15H23ClN2O/c1-10(2)8-15(4,9-17)18-14(19)12-6-5-11(3)13(16)7-12/h5-7,10H,8-9,17H2,1-4H3,(H,18,19). The van der Waals surface area contributed by atoms with E-state index >= 15 is 0 Å². The van der Waals surface area contributed by atoms with Crippen molar-refractivity contribution in [1.82, 2.24) is 5.32 Å². The van der Waals surface area contributed by atoms with Crippen LogP contribution >= 0.6 is 11.6 Å². The van der Waals surface area contributed by atoms with Crippen LogP contribution in [-0.4, -0.2) is 18.0 Å². The smallest absolute Gasteiger partial charge is 0.251 e. The molecule has 0 saturated heterocycles. The number of hydrogen-bond acceptors (Lipinski definition) is 2. The number of nitrogens with two attached hydrogens (primary N) is 1. The molecule has 19 heavy (non-hydrogen) atoms. The topological polar surface area (TPSA) is 55.1 Å². The van der Waals surface area contributed by atoms with Gasteiger partial charge >= 0.3 is 0 Å². The van der Waals surface area contributed by atoms with Gasteiger partial charge in [0.05, 0.1) is 0 Å². The normalized spacial score (nSPS) is 14.3. The van der Waals surface area contributed by atoms with Crippen molar-refractivity contribution in [3.05, 3.63) is 34.3 Å². The predicted molar refractivity (Wildman–Crippen MR) is 80.6 cm³/mol. The van der Waals surface area contributed by atoms with Crippen LogP contribution in [0.3, 0.4) is 0 Å². The third-order valence-electron chi connectivity index (χ3n) is 3.16. The zero-order valence-electron chi connectivity index (χ0n) is 12.1. The number of benzene rings is 1. The second-order valence-corrected chi connectivity index (χ2v) is 6.19. The summed E-state index contributed by atoms with van der Waals surface area (Å²) >= 11 is 6.04. The Balaban J connectivity index is 2.85. The molecule has 1 atom stereocenters. The molecule has 4 heteroatoms. The molecule has 0 aliphatic carbocycles. The Labute approximate surface area is 120 Å². The number of rotatable bonds is 5. The number of aryl methyl sites for hydroxylation is 1. The minimum Gasteiger partial charge on any atom is -0.346 e. The van der Waals surface area contributed by atoms with Crippen LogP contribution in [0, 0.1) is 12.8 Å². The minimum atomic E-state index is -0.386. The van der Waals surface area contributed by atoms with Gasteiger partial charge < -0.3 is 11.1 Å². The highest BCUT2D eigenvalue weighted by Crippen LogP contribution is 2.19. The zero-order valence-corrected chi connectivity index (χ0v) is 12.8. The van der Waals surface area contributed by atoms with Gasteiger partial charge in [0.1, 0.15) is 0 Å². The number of carbonyl (C=O) groups excluding carboxylic acids is 1. The summed E-state index contributed by atoms with van der Waals surface area (Å²) in [6.45, 7) is 8.52. The van der Waals surface area contributed by atoms with Crippen molar-refractivity contribution in [2.75, 3.05) is 6.54 Å².